The quantitative estimate of drug-likeness (QED) is 0.767. The fraction of sp³-hybridized carbons (Fsp3) is 0.500. The Bertz CT molecular complexity index is 650. The molecule has 2 heterocycles. The summed E-state index contributed by atoms with van der Waals surface area (Å²) < 4.78 is 14.5. The van der Waals surface area contributed by atoms with Crippen molar-refractivity contribution < 1.29 is 4.21 Å². The lowest BCUT2D eigenvalue weighted by Gasteiger charge is -2.34. The topological polar surface area (TPSA) is 41.4 Å². The van der Waals surface area contributed by atoms with Crippen molar-refractivity contribution in [1.29, 1.82) is 0 Å². The van der Waals surface area contributed by atoms with Gasteiger partial charge in [-0.15, -0.1) is 0 Å². The van der Waals surface area contributed by atoms with E-state index < -0.39 is 10.8 Å². The summed E-state index contributed by atoms with van der Waals surface area (Å²) in [5.74, 6) is 1.86. The van der Waals surface area contributed by atoms with Crippen LogP contribution in [0.4, 0.5) is 0 Å². The van der Waals surface area contributed by atoms with Gasteiger partial charge in [-0.1, -0.05) is 18.2 Å². The van der Waals surface area contributed by atoms with Crippen LogP contribution in [-0.2, 0) is 23.9 Å². The summed E-state index contributed by atoms with van der Waals surface area (Å²) >= 11 is 0. The third-order valence-electron chi connectivity index (χ3n) is 4.57. The van der Waals surface area contributed by atoms with Crippen molar-refractivity contribution in [2.45, 2.75) is 24.9 Å². The highest BCUT2D eigenvalue weighted by molar-refractivity contribution is 7.85. The van der Waals surface area contributed by atoms with Crippen LogP contribution in [0.5, 0.6) is 0 Å². The lowest BCUT2D eigenvalue weighted by molar-refractivity contribution is 0.129. The van der Waals surface area contributed by atoms with Crippen LogP contribution >= 0.6 is 0 Å². The van der Waals surface area contributed by atoms with Crippen LogP contribution in [0.25, 0.3) is 0 Å². The zero-order chi connectivity index (χ0) is 16.8. The molecule has 1 atom stereocenters. The highest BCUT2D eigenvalue weighted by Gasteiger charge is 2.18. The maximum absolute atomic E-state index is 12.3. The number of hydrogen-bond acceptors (Lipinski definition) is 4. The molecule has 0 N–H and O–H groups in total. The lowest BCUT2D eigenvalue weighted by atomic mass is 10.3. The van der Waals surface area contributed by atoms with Gasteiger partial charge in [0.1, 0.15) is 5.82 Å². The van der Waals surface area contributed by atoms with Crippen molar-refractivity contribution in [3.05, 3.63) is 48.5 Å². The predicted octanol–water partition coefficient (Wildman–Crippen LogP) is 1.83. The van der Waals surface area contributed by atoms with Crippen LogP contribution in [0.2, 0.25) is 0 Å². The predicted molar refractivity (Wildman–Crippen MR) is 97.3 cm³/mol. The van der Waals surface area contributed by atoms with E-state index in [1.807, 2.05) is 42.7 Å². The minimum atomic E-state index is -0.893. The molecule has 1 aliphatic rings. The molecule has 0 amide bonds. The monoisotopic (exact) mass is 346 g/mol. The summed E-state index contributed by atoms with van der Waals surface area (Å²) in [4.78, 5) is 10.3. The standard InChI is InChI=1S/C18H26N4OS/c1-2-22-9-8-19-18(22)16-21-12-10-20(11-13-21)14-15-24(23)17-6-4-3-5-7-17/h3-9H,2,10-16H2,1H3. The summed E-state index contributed by atoms with van der Waals surface area (Å²) in [5.41, 5.74) is 0. The number of piperazine rings is 1. The van der Waals surface area contributed by atoms with Gasteiger partial charge in [0.2, 0.25) is 0 Å². The highest BCUT2D eigenvalue weighted by atomic mass is 32.2. The van der Waals surface area contributed by atoms with Gasteiger partial charge in [0.25, 0.3) is 0 Å². The Morgan fingerprint density at radius 3 is 2.50 bits per heavy atom. The number of aromatic nitrogens is 2. The molecule has 2 aromatic rings. The average Bonchev–Trinajstić information content (AvgIpc) is 3.08. The van der Waals surface area contributed by atoms with Gasteiger partial charge in [-0.25, -0.2) is 4.98 Å². The van der Waals surface area contributed by atoms with Crippen LogP contribution < -0.4 is 0 Å². The first-order valence-electron chi connectivity index (χ1n) is 8.64. The van der Waals surface area contributed by atoms with Crippen LogP contribution in [0, 0.1) is 0 Å². The van der Waals surface area contributed by atoms with Gasteiger partial charge in [-0.2, -0.15) is 0 Å². The van der Waals surface area contributed by atoms with Crippen molar-refractivity contribution in [1.82, 2.24) is 19.4 Å². The second-order valence-electron chi connectivity index (χ2n) is 6.11. The van der Waals surface area contributed by atoms with Crippen LogP contribution in [0.15, 0.2) is 47.6 Å². The summed E-state index contributed by atoms with van der Waals surface area (Å²) in [7, 11) is -0.893. The first-order chi connectivity index (χ1) is 11.8. The molecule has 6 heteroatoms. The molecular formula is C18H26N4OS. The molecule has 0 saturated carbocycles. The zero-order valence-electron chi connectivity index (χ0n) is 14.3. The summed E-state index contributed by atoms with van der Waals surface area (Å²) in [6, 6.07) is 9.76. The Balaban J connectivity index is 1.41. The van der Waals surface area contributed by atoms with E-state index in [0.717, 1.165) is 56.5 Å². The SMILES string of the molecule is CCn1ccnc1CN1CCN(CCS(=O)c2ccccc2)CC1. The third-order valence-corrected chi connectivity index (χ3v) is 5.92. The normalized spacial score (nSPS) is 17.9. The number of benzene rings is 1. The largest absolute Gasteiger partial charge is 0.334 e. The van der Waals surface area contributed by atoms with Crippen molar-refractivity contribution in [2.24, 2.45) is 0 Å². The van der Waals surface area contributed by atoms with E-state index in [2.05, 4.69) is 26.3 Å². The van der Waals surface area contributed by atoms with Crippen LogP contribution in [0.3, 0.4) is 0 Å². The number of rotatable bonds is 7. The molecule has 1 unspecified atom stereocenters. The van der Waals surface area contributed by atoms with Gasteiger partial charge in [0, 0.05) is 62.3 Å². The highest BCUT2D eigenvalue weighted by Crippen LogP contribution is 2.09. The molecular weight excluding hydrogens is 320 g/mol. The Morgan fingerprint density at radius 2 is 1.79 bits per heavy atom. The molecule has 0 bridgehead atoms. The molecule has 1 aromatic carbocycles. The first-order valence-corrected chi connectivity index (χ1v) is 9.96. The van der Waals surface area contributed by atoms with Crippen LogP contribution in [-0.4, -0.2) is 62.0 Å². The fourth-order valence-electron chi connectivity index (χ4n) is 3.05. The minimum absolute atomic E-state index is 0.713. The Labute approximate surface area is 146 Å². The number of hydrogen-bond donors (Lipinski definition) is 0. The summed E-state index contributed by atoms with van der Waals surface area (Å²) in [6.07, 6.45) is 3.93. The van der Waals surface area contributed by atoms with Gasteiger partial charge in [0.15, 0.2) is 0 Å². The van der Waals surface area contributed by atoms with Gasteiger partial charge in [-0.3, -0.25) is 14.0 Å². The molecule has 1 fully saturated rings. The minimum Gasteiger partial charge on any atom is -0.334 e. The van der Waals surface area contributed by atoms with Gasteiger partial charge in [0.05, 0.1) is 17.3 Å². The molecule has 24 heavy (non-hydrogen) atoms. The van der Waals surface area contributed by atoms with E-state index in [1.165, 1.54) is 0 Å². The molecule has 0 spiro atoms. The molecule has 1 aromatic heterocycles. The molecule has 0 aliphatic carbocycles. The van der Waals surface area contributed by atoms with E-state index in [4.69, 9.17) is 0 Å². The maximum atomic E-state index is 12.3. The molecule has 1 saturated heterocycles. The number of nitrogens with zero attached hydrogens (tertiary/aromatic N) is 4. The van der Waals surface area contributed by atoms with Gasteiger partial charge >= 0.3 is 0 Å². The van der Waals surface area contributed by atoms with E-state index in [1.54, 1.807) is 0 Å². The maximum Gasteiger partial charge on any atom is 0.122 e. The molecule has 0 radical (unpaired) electrons. The Hall–Kier alpha value is -1.50. The van der Waals surface area contributed by atoms with E-state index in [0.29, 0.717) is 5.75 Å². The summed E-state index contributed by atoms with van der Waals surface area (Å²) in [6.45, 7) is 9.13. The van der Waals surface area contributed by atoms with Crippen molar-refractivity contribution in [3.8, 4) is 0 Å². The molecule has 1 aliphatic heterocycles. The smallest absolute Gasteiger partial charge is 0.122 e. The van der Waals surface area contributed by atoms with E-state index in [9.17, 15) is 4.21 Å². The van der Waals surface area contributed by atoms with E-state index in [-0.39, 0.29) is 0 Å². The second-order valence-corrected chi connectivity index (χ2v) is 7.68. The molecule has 130 valence electrons. The van der Waals surface area contributed by atoms with Crippen molar-refractivity contribution >= 4 is 10.8 Å². The number of imidazole rings is 1. The lowest BCUT2D eigenvalue weighted by Crippen LogP contribution is -2.47. The average molecular weight is 347 g/mol. The summed E-state index contributed by atoms with van der Waals surface area (Å²) in [5, 5.41) is 0. The van der Waals surface area contributed by atoms with Crippen LogP contribution in [0.1, 0.15) is 12.7 Å². The number of aryl methyl sites for hydroxylation is 1. The van der Waals surface area contributed by atoms with E-state index >= 15 is 0 Å². The Morgan fingerprint density at radius 1 is 1.08 bits per heavy atom. The van der Waals surface area contributed by atoms with Gasteiger partial charge < -0.3 is 4.57 Å². The zero-order valence-corrected chi connectivity index (χ0v) is 15.1. The fourth-order valence-corrected chi connectivity index (χ4v) is 4.17. The molecule has 3 rings (SSSR count). The second kappa shape index (κ2) is 8.55. The first kappa shape index (κ1) is 17.3. The van der Waals surface area contributed by atoms with Crippen molar-refractivity contribution in [2.75, 3.05) is 38.5 Å². The Kier molecular flexibility index (Phi) is 6.18. The van der Waals surface area contributed by atoms with Gasteiger partial charge in [-0.05, 0) is 19.1 Å². The third kappa shape index (κ3) is 4.53. The van der Waals surface area contributed by atoms with Crippen molar-refractivity contribution in [3.63, 3.8) is 0 Å². The molecule has 5 nitrogen and oxygen atoms in total.